The summed E-state index contributed by atoms with van der Waals surface area (Å²) in [6.45, 7) is 4.89. The molecule has 7 heteroatoms. The molecular weight excluding hydrogens is 273 g/mol. The minimum atomic E-state index is -5.40. The fourth-order valence-electron chi connectivity index (χ4n) is 1.71. The van der Waals surface area contributed by atoms with Crippen molar-refractivity contribution < 1.29 is 21.3 Å². The lowest BCUT2D eigenvalue weighted by Crippen LogP contribution is -2.55. The maximum atomic E-state index is 12.5. The largest absolute Gasteiger partial charge is 0.491 e. The van der Waals surface area contributed by atoms with Gasteiger partial charge in [-0.25, -0.2) is 4.79 Å². The molecule has 0 heterocycles. The van der Waals surface area contributed by atoms with E-state index >= 15 is 0 Å². The van der Waals surface area contributed by atoms with E-state index in [0.29, 0.717) is 5.56 Å². The Morgan fingerprint density at radius 1 is 1.21 bits per heavy atom. The topological polar surface area (TPSA) is 86.5 Å². The average Bonchev–Trinajstić information content (AvgIpc) is 2.25. The van der Waals surface area contributed by atoms with Crippen LogP contribution in [0.15, 0.2) is 30.3 Å². The molecule has 1 aromatic carbocycles. The lowest BCUT2D eigenvalue weighted by Gasteiger charge is -2.38. The second-order valence-corrected chi connectivity index (χ2v) is 6.14. The molecule has 0 aromatic heterocycles. The van der Waals surface area contributed by atoms with Crippen LogP contribution in [-0.4, -0.2) is 14.4 Å². The van der Waals surface area contributed by atoms with Gasteiger partial charge in [-0.2, -0.15) is 8.42 Å². The van der Waals surface area contributed by atoms with Gasteiger partial charge in [0.2, 0.25) is 0 Å². The van der Waals surface area contributed by atoms with Gasteiger partial charge in [0.25, 0.3) is 0 Å². The quantitative estimate of drug-likeness (QED) is 0.855. The van der Waals surface area contributed by atoms with Crippen LogP contribution in [0.5, 0.6) is 0 Å². The molecule has 1 aromatic rings. The Balaban J connectivity index is 3.35. The predicted molar refractivity (Wildman–Crippen MR) is 67.9 cm³/mol. The van der Waals surface area contributed by atoms with Crippen LogP contribution in [0.2, 0.25) is 0 Å². The zero-order valence-corrected chi connectivity index (χ0v) is 11.7. The molecule has 0 aliphatic rings. The van der Waals surface area contributed by atoms with Crippen molar-refractivity contribution in [1.82, 2.24) is 0 Å². The molecule has 0 bridgehead atoms. The highest BCUT2D eigenvalue weighted by molar-refractivity contribution is 7.81. The monoisotopic (exact) mass is 289 g/mol. The standard InChI is InChI=1S/C12H16FNO4S/c1-11(2,3)12(14,9-7-5-4-6-8-9)10(15)18-19(13,16)17/h4-8H,14H2,1-3H3. The second kappa shape index (κ2) is 4.90. The summed E-state index contributed by atoms with van der Waals surface area (Å²) >= 11 is 0. The highest BCUT2D eigenvalue weighted by Gasteiger charge is 2.49. The van der Waals surface area contributed by atoms with Crippen LogP contribution in [-0.2, 0) is 25.0 Å². The maximum absolute atomic E-state index is 12.5. The summed E-state index contributed by atoms with van der Waals surface area (Å²) in [5, 5.41) is 0. The highest BCUT2D eigenvalue weighted by Crippen LogP contribution is 2.38. The molecule has 19 heavy (non-hydrogen) atoms. The minimum absolute atomic E-state index is 0.344. The fraction of sp³-hybridized carbons (Fsp3) is 0.417. The predicted octanol–water partition coefficient (Wildman–Crippen LogP) is 1.64. The van der Waals surface area contributed by atoms with Gasteiger partial charge in [-0.1, -0.05) is 55.0 Å². The summed E-state index contributed by atoms with van der Waals surface area (Å²) in [6, 6.07) is 8.10. The van der Waals surface area contributed by atoms with Gasteiger partial charge in [0.1, 0.15) is 5.54 Å². The first-order chi connectivity index (χ1) is 8.48. The smallest absolute Gasteiger partial charge is 0.319 e. The Hall–Kier alpha value is -1.47. The van der Waals surface area contributed by atoms with Crippen molar-refractivity contribution in [3.05, 3.63) is 35.9 Å². The molecule has 1 rings (SSSR count). The third-order valence-electron chi connectivity index (χ3n) is 2.91. The number of benzene rings is 1. The van der Waals surface area contributed by atoms with E-state index in [9.17, 15) is 17.1 Å². The van der Waals surface area contributed by atoms with E-state index in [1.807, 2.05) is 0 Å². The average molecular weight is 289 g/mol. The van der Waals surface area contributed by atoms with Gasteiger partial charge in [-0.3, -0.25) is 0 Å². The molecule has 0 aliphatic carbocycles. The Morgan fingerprint density at radius 3 is 2.05 bits per heavy atom. The Kier molecular flexibility index (Phi) is 4.02. The molecule has 0 saturated carbocycles. The van der Waals surface area contributed by atoms with E-state index in [1.54, 1.807) is 51.1 Å². The first-order valence-corrected chi connectivity index (χ1v) is 6.82. The number of carbonyl (C=O) groups excluding carboxylic acids is 1. The van der Waals surface area contributed by atoms with Gasteiger partial charge in [-0.15, -0.1) is 0 Å². The van der Waals surface area contributed by atoms with Crippen LogP contribution < -0.4 is 5.73 Å². The van der Waals surface area contributed by atoms with Gasteiger partial charge >= 0.3 is 16.5 Å². The van der Waals surface area contributed by atoms with Crippen LogP contribution >= 0.6 is 0 Å². The van der Waals surface area contributed by atoms with E-state index in [4.69, 9.17) is 5.73 Å². The molecule has 0 aliphatic heterocycles. The number of carbonyl (C=O) groups is 1. The van der Waals surface area contributed by atoms with E-state index in [-0.39, 0.29) is 0 Å². The Labute approximate surface area is 112 Å². The molecule has 106 valence electrons. The third-order valence-corrected chi connectivity index (χ3v) is 3.26. The molecule has 5 nitrogen and oxygen atoms in total. The summed E-state index contributed by atoms with van der Waals surface area (Å²) in [5.41, 5.74) is 3.72. The highest BCUT2D eigenvalue weighted by atomic mass is 32.3. The van der Waals surface area contributed by atoms with Crippen molar-refractivity contribution in [3.63, 3.8) is 0 Å². The Bertz CT molecular complexity index is 565. The van der Waals surface area contributed by atoms with Crippen LogP contribution in [0.3, 0.4) is 0 Å². The first kappa shape index (κ1) is 15.6. The molecule has 0 saturated heterocycles. The van der Waals surface area contributed by atoms with Crippen molar-refractivity contribution in [2.24, 2.45) is 11.1 Å². The Morgan fingerprint density at radius 2 is 1.68 bits per heavy atom. The molecule has 0 spiro atoms. The summed E-state index contributed by atoms with van der Waals surface area (Å²) < 4.78 is 37.3. The lowest BCUT2D eigenvalue weighted by molar-refractivity contribution is -0.145. The van der Waals surface area contributed by atoms with Crippen LogP contribution in [0.4, 0.5) is 3.89 Å². The summed E-state index contributed by atoms with van der Waals surface area (Å²) in [7, 11) is -5.40. The first-order valence-electron chi connectivity index (χ1n) is 5.51. The number of halogens is 1. The normalized spacial score (nSPS) is 15.6. The van der Waals surface area contributed by atoms with Crippen LogP contribution in [0.1, 0.15) is 26.3 Å². The second-order valence-electron chi connectivity index (χ2n) is 5.19. The van der Waals surface area contributed by atoms with E-state index < -0.39 is 27.4 Å². The van der Waals surface area contributed by atoms with Gasteiger partial charge in [0.05, 0.1) is 0 Å². The van der Waals surface area contributed by atoms with Crippen LogP contribution in [0, 0.1) is 5.41 Å². The zero-order valence-electron chi connectivity index (χ0n) is 10.9. The van der Waals surface area contributed by atoms with Gasteiger partial charge in [-0.05, 0) is 11.0 Å². The van der Waals surface area contributed by atoms with Gasteiger partial charge < -0.3 is 9.92 Å². The lowest BCUT2D eigenvalue weighted by atomic mass is 9.70. The van der Waals surface area contributed by atoms with E-state index in [1.165, 1.54) is 0 Å². The molecule has 0 fully saturated rings. The van der Waals surface area contributed by atoms with Gasteiger partial charge in [0, 0.05) is 0 Å². The van der Waals surface area contributed by atoms with Crippen molar-refractivity contribution in [3.8, 4) is 0 Å². The van der Waals surface area contributed by atoms with Crippen molar-refractivity contribution in [2.45, 2.75) is 26.3 Å². The third kappa shape index (κ3) is 3.30. The van der Waals surface area contributed by atoms with Crippen molar-refractivity contribution in [1.29, 1.82) is 0 Å². The minimum Gasteiger partial charge on any atom is -0.319 e. The number of rotatable bonds is 3. The maximum Gasteiger partial charge on any atom is 0.491 e. The molecule has 0 amide bonds. The molecule has 1 atom stereocenters. The molecular formula is C12H16FNO4S. The fourth-order valence-corrected chi connectivity index (χ4v) is 2.03. The molecule has 2 N–H and O–H groups in total. The SMILES string of the molecule is CC(C)(C)C(N)(C(=O)OS(=O)(=O)F)c1ccccc1. The van der Waals surface area contributed by atoms with Crippen LogP contribution in [0.25, 0.3) is 0 Å². The van der Waals surface area contributed by atoms with E-state index in [2.05, 4.69) is 4.18 Å². The van der Waals surface area contributed by atoms with Crippen molar-refractivity contribution in [2.75, 3.05) is 0 Å². The summed E-state index contributed by atoms with van der Waals surface area (Å²) in [4.78, 5) is 12.0. The van der Waals surface area contributed by atoms with Gasteiger partial charge in [0.15, 0.2) is 0 Å². The molecule has 0 radical (unpaired) electrons. The summed E-state index contributed by atoms with van der Waals surface area (Å²) in [5.74, 6) is -1.35. The summed E-state index contributed by atoms with van der Waals surface area (Å²) in [6.07, 6.45) is 0. The van der Waals surface area contributed by atoms with Crippen molar-refractivity contribution >= 4 is 16.5 Å². The number of nitrogens with two attached hydrogens (primary N) is 1. The molecule has 1 unspecified atom stereocenters. The zero-order chi connectivity index (χ0) is 14.9. The van der Waals surface area contributed by atoms with E-state index in [0.717, 1.165) is 0 Å². The number of hydrogen-bond donors (Lipinski definition) is 1. The number of hydrogen-bond acceptors (Lipinski definition) is 5.